The second-order valence-corrected chi connectivity index (χ2v) is 10.8. The number of benzene rings is 4. The zero-order valence-electron chi connectivity index (χ0n) is 22.2. The van der Waals surface area contributed by atoms with E-state index in [2.05, 4.69) is 16.0 Å². The van der Waals surface area contributed by atoms with Crippen LogP contribution in [0.5, 0.6) is 0 Å². The number of amides is 3. The Morgan fingerprint density at radius 3 is 2.21 bits per heavy atom. The molecule has 0 bridgehead atoms. The summed E-state index contributed by atoms with van der Waals surface area (Å²) in [6.45, 7) is 1.77. The maximum Gasteiger partial charge on any atom is 0.272 e. The Bertz CT molecular complexity index is 1630. The molecule has 1 atom stereocenters. The number of thioether (sulfide) groups is 1. The molecule has 0 aromatic heterocycles. The highest BCUT2D eigenvalue weighted by Gasteiger charge is 2.18. The van der Waals surface area contributed by atoms with Crippen molar-refractivity contribution in [1.82, 2.24) is 5.32 Å². The van der Waals surface area contributed by atoms with Gasteiger partial charge < -0.3 is 16.0 Å². The number of nitrogens with one attached hydrogen (secondary N) is 3. The summed E-state index contributed by atoms with van der Waals surface area (Å²) in [6.07, 6.45) is 1.43. The fourth-order valence-electron chi connectivity index (χ4n) is 3.68. The second-order valence-electron chi connectivity index (χ2n) is 8.96. The molecule has 42 heavy (non-hydrogen) atoms. The first kappa shape index (κ1) is 30.0. The number of carbonyl (C=O) groups excluding carboxylic acids is 3. The second kappa shape index (κ2) is 14.1. The van der Waals surface area contributed by atoms with Gasteiger partial charge in [-0.05, 0) is 85.3 Å². The quantitative estimate of drug-likeness (QED) is 0.0796. The van der Waals surface area contributed by atoms with Crippen LogP contribution < -0.4 is 16.0 Å². The average molecular weight is 601 g/mol. The van der Waals surface area contributed by atoms with E-state index in [1.54, 1.807) is 79.7 Å². The lowest BCUT2D eigenvalue weighted by atomic mass is 10.1. The van der Waals surface area contributed by atoms with Crippen LogP contribution in [0.3, 0.4) is 0 Å². The lowest BCUT2D eigenvalue weighted by molar-refractivity contribution is -0.384. The molecule has 0 aliphatic rings. The first-order valence-electron chi connectivity index (χ1n) is 12.6. The summed E-state index contributed by atoms with van der Waals surface area (Å²) in [7, 11) is 0. The summed E-state index contributed by atoms with van der Waals surface area (Å²) in [5.74, 6) is -1.30. The van der Waals surface area contributed by atoms with E-state index in [0.717, 1.165) is 4.90 Å². The summed E-state index contributed by atoms with van der Waals surface area (Å²) in [4.78, 5) is 50.1. The van der Waals surface area contributed by atoms with Gasteiger partial charge in [0.2, 0.25) is 5.91 Å². The van der Waals surface area contributed by atoms with Crippen molar-refractivity contribution in [2.45, 2.75) is 17.1 Å². The number of nitrogens with zero attached hydrogens (tertiary/aromatic N) is 1. The van der Waals surface area contributed by atoms with Crippen LogP contribution in [0.4, 0.5) is 17.1 Å². The number of non-ortho nitro benzene ring substituents is 1. The molecule has 0 fully saturated rings. The average Bonchev–Trinajstić information content (AvgIpc) is 2.98. The summed E-state index contributed by atoms with van der Waals surface area (Å²) in [5, 5.41) is 19.4. The first-order chi connectivity index (χ1) is 20.2. The number of hydrogen-bond donors (Lipinski definition) is 3. The van der Waals surface area contributed by atoms with Gasteiger partial charge in [0.15, 0.2) is 0 Å². The van der Waals surface area contributed by atoms with E-state index in [1.807, 2.05) is 6.07 Å². The van der Waals surface area contributed by atoms with Crippen LogP contribution in [0.25, 0.3) is 6.08 Å². The molecule has 4 aromatic carbocycles. The molecule has 212 valence electrons. The SMILES string of the molecule is CC(Sc1cccc(NC(=O)/C(=C\c2ccc([N+](=O)[O-])cc2)NC(=O)c2ccccc2)c1)C(=O)Nc1ccc(Cl)cc1. The minimum atomic E-state index is -0.603. The molecule has 0 radical (unpaired) electrons. The van der Waals surface area contributed by atoms with Crippen molar-refractivity contribution in [3.05, 3.63) is 135 Å². The Balaban J connectivity index is 1.49. The number of halogens is 1. The van der Waals surface area contributed by atoms with E-state index in [1.165, 1.54) is 42.1 Å². The minimum absolute atomic E-state index is 0.0635. The van der Waals surface area contributed by atoms with Gasteiger partial charge in [0.1, 0.15) is 5.70 Å². The van der Waals surface area contributed by atoms with E-state index in [4.69, 9.17) is 11.6 Å². The van der Waals surface area contributed by atoms with Gasteiger partial charge in [0.25, 0.3) is 17.5 Å². The van der Waals surface area contributed by atoms with Crippen molar-refractivity contribution in [1.29, 1.82) is 0 Å². The van der Waals surface area contributed by atoms with Crippen molar-refractivity contribution in [2.24, 2.45) is 0 Å². The summed E-state index contributed by atoms with van der Waals surface area (Å²) >= 11 is 7.21. The number of nitro groups is 1. The fourth-order valence-corrected chi connectivity index (χ4v) is 4.73. The molecule has 0 aliphatic heterocycles. The molecular formula is C31H25ClN4O5S. The number of anilines is 2. The van der Waals surface area contributed by atoms with Crippen LogP contribution in [0, 0.1) is 10.1 Å². The normalized spacial score (nSPS) is 11.7. The molecule has 4 aromatic rings. The molecule has 9 nitrogen and oxygen atoms in total. The predicted molar refractivity (Wildman–Crippen MR) is 165 cm³/mol. The first-order valence-corrected chi connectivity index (χ1v) is 13.9. The molecule has 0 saturated heterocycles. The van der Waals surface area contributed by atoms with Gasteiger partial charge >= 0.3 is 0 Å². The van der Waals surface area contributed by atoms with Crippen molar-refractivity contribution < 1.29 is 19.3 Å². The molecule has 11 heteroatoms. The molecule has 0 aliphatic carbocycles. The highest BCUT2D eigenvalue weighted by atomic mass is 35.5. The Labute approximate surface area is 251 Å². The maximum atomic E-state index is 13.3. The van der Waals surface area contributed by atoms with Gasteiger partial charge in [-0.15, -0.1) is 11.8 Å². The monoisotopic (exact) mass is 600 g/mol. The number of rotatable bonds is 10. The van der Waals surface area contributed by atoms with Crippen LogP contribution in [0.2, 0.25) is 5.02 Å². The summed E-state index contributed by atoms with van der Waals surface area (Å²) < 4.78 is 0. The third-order valence-electron chi connectivity index (χ3n) is 5.83. The highest BCUT2D eigenvalue weighted by Crippen LogP contribution is 2.27. The number of hydrogen-bond acceptors (Lipinski definition) is 6. The summed E-state index contributed by atoms with van der Waals surface area (Å²) in [6, 6.07) is 27.7. The van der Waals surface area contributed by atoms with Crippen LogP contribution in [0.1, 0.15) is 22.8 Å². The fraction of sp³-hybridized carbons (Fsp3) is 0.0645. The lowest BCUT2D eigenvalue weighted by Gasteiger charge is -2.14. The van der Waals surface area contributed by atoms with Crippen LogP contribution in [-0.2, 0) is 9.59 Å². The molecule has 1 unspecified atom stereocenters. The number of nitro benzene ring substituents is 1. The third kappa shape index (κ3) is 8.53. The van der Waals surface area contributed by atoms with Crippen molar-refractivity contribution >= 4 is 64.2 Å². The maximum absolute atomic E-state index is 13.3. The Hall–Kier alpha value is -4.93. The van der Waals surface area contributed by atoms with Gasteiger partial charge in [0, 0.05) is 39.0 Å². The summed E-state index contributed by atoms with van der Waals surface area (Å²) in [5.41, 5.74) is 1.73. The zero-order valence-corrected chi connectivity index (χ0v) is 23.8. The van der Waals surface area contributed by atoms with Gasteiger partial charge in [-0.3, -0.25) is 24.5 Å². The molecule has 0 heterocycles. The molecule has 0 spiro atoms. The zero-order chi connectivity index (χ0) is 30.1. The third-order valence-corrected chi connectivity index (χ3v) is 7.18. The van der Waals surface area contributed by atoms with Crippen LogP contribution >= 0.6 is 23.4 Å². The number of carbonyl (C=O) groups is 3. The lowest BCUT2D eigenvalue weighted by Crippen LogP contribution is -2.30. The highest BCUT2D eigenvalue weighted by molar-refractivity contribution is 8.00. The predicted octanol–water partition coefficient (Wildman–Crippen LogP) is 6.78. The van der Waals surface area contributed by atoms with Crippen LogP contribution in [0.15, 0.2) is 114 Å². The molecule has 3 amide bonds. The molecule has 4 rings (SSSR count). The smallest absolute Gasteiger partial charge is 0.272 e. The molecule has 0 saturated carbocycles. The van der Waals surface area contributed by atoms with E-state index in [9.17, 15) is 24.5 Å². The van der Waals surface area contributed by atoms with Crippen molar-refractivity contribution in [3.63, 3.8) is 0 Å². The van der Waals surface area contributed by atoms with E-state index in [0.29, 0.717) is 27.5 Å². The van der Waals surface area contributed by atoms with E-state index in [-0.39, 0.29) is 17.3 Å². The van der Waals surface area contributed by atoms with Crippen molar-refractivity contribution in [2.75, 3.05) is 10.6 Å². The standard InChI is InChI=1S/C31H25ClN4O5S/c1-20(29(37)33-24-14-12-23(32)13-15-24)42-27-9-5-8-25(19-27)34-31(39)28(35-30(38)22-6-3-2-4-7-22)18-21-10-16-26(17-11-21)36(40)41/h2-20H,1H3,(H,33,37)(H,34,39)(H,35,38)/b28-18+. The van der Waals surface area contributed by atoms with Gasteiger partial charge in [-0.1, -0.05) is 35.9 Å². The Morgan fingerprint density at radius 1 is 0.857 bits per heavy atom. The van der Waals surface area contributed by atoms with E-state index < -0.39 is 22.0 Å². The van der Waals surface area contributed by atoms with Gasteiger partial charge in [-0.2, -0.15) is 0 Å². The Kier molecular flexibility index (Phi) is 10.1. The minimum Gasteiger partial charge on any atom is -0.325 e. The van der Waals surface area contributed by atoms with Gasteiger partial charge in [0.05, 0.1) is 10.2 Å². The molecule has 3 N–H and O–H groups in total. The largest absolute Gasteiger partial charge is 0.325 e. The van der Waals surface area contributed by atoms with E-state index >= 15 is 0 Å². The van der Waals surface area contributed by atoms with Gasteiger partial charge in [-0.25, -0.2) is 0 Å². The topological polar surface area (TPSA) is 130 Å². The van der Waals surface area contributed by atoms with Crippen LogP contribution in [-0.4, -0.2) is 27.9 Å². The Morgan fingerprint density at radius 2 is 1.55 bits per heavy atom. The van der Waals surface area contributed by atoms with Crippen molar-refractivity contribution in [3.8, 4) is 0 Å². The molecular weight excluding hydrogens is 576 g/mol.